The minimum atomic E-state index is -0.823. The number of rotatable bonds is 3. The number of aliphatic hydroxyl groups is 1. The molecular weight excluding hydrogens is 204 g/mol. The van der Waals surface area contributed by atoms with Crippen molar-refractivity contribution in [2.45, 2.75) is 57.2 Å². The van der Waals surface area contributed by atoms with Gasteiger partial charge in [0, 0.05) is 12.6 Å². The fraction of sp³-hybridized carbons (Fsp3) is 0.818. The largest absolute Gasteiger partial charge is 0.383 e. The molecule has 16 heavy (non-hydrogen) atoms. The van der Waals surface area contributed by atoms with Gasteiger partial charge in [0.2, 0.25) is 0 Å². The highest BCUT2D eigenvalue weighted by atomic mass is 16.3. The summed E-state index contributed by atoms with van der Waals surface area (Å²) >= 11 is 0. The van der Waals surface area contributed by atoms with Crippen molar-refractivity contribution in [3.8, 4) is 0 Å². The molecule has 1 heterocycles. The summed E-state index contributed by atoms with van der Waals surface area (Å²) in [5, 5.41) is 18.5. The molecule has 0 radical (unpaired) electrons. The van der Waals surface area contributed by atoms with E-state index in [-0.39, 0.29) is 6.04 Å². The van der Waals surface area contributed by atoms with E-state index < -0.39 is 5.60 Å². The van der Waals surface area contributed by atoms with E-state index in [2.05, 4.69) is 17.2 Å². The molecule has 0 bridgehead atoms. The summed E-state index contributed by atoms with van der Waals surface area (Å²) < 4.78 is 1.80. The predicted molar refractivity (Wildman–Crippen MR) is 60.7 cm³/mol. The summed E-state index contributed by atoms with van der Waals surface area (Å²) in [5.41, 5.74) is 5.93. The van der Waals surface area contributed by atoms with Gasteiger partial charge < -0.3 is 10.8 Å². The lowest BCUT2D eigenvalue weighted by atomic mass is 9.80. The third-order valence-corrected chi connectivity index (χ3v) is 3.30. The molecule has 0 spiro atoms. The fourth-order valence-corrected chi connectivity index (χ4v) is 2.52. The summed E-state index contributed by atoms with van der Waals surface area (Å²) in [4.78, 5) is 0. The van der Waals surface area contributed by atoms with Crippen LogP contribution in [0.2, 0.25) is 0 Å². The first kappa shape index (κ1) is 11.5. The maximum atomic E-state index is 10.6. The van der Waals surface area contributed by atoms with Gasteiger partial charge in [-0.2, -0.15) is 0 Å². The number of aryl methyl sites for hydroxylation is 1. The molecule has 2 rings (SSSR count). The molecule has 0 aliphatic heterocycles. The molecule has 3 N–H and O–H groups in total. The Kier molecular flexibility index (Phi) is 3.25. The first-order valence-corrected chi connectivity index (χ1v) is 6.02. The molecule has 2 unspecified atom stereocenters. The maximum Gasteiger partial charge on any atom is 0.109 e. The molecule has 5 nitrogen and oxygen atoms in total. The van der Waals surface area contributed by atoms with E-state index >= 15 is 0 Å². The van der Waals surface area contributed by atoms with Crippen molar-refractivity contribution in [2.75, 3.05) is 0 Å². The van der Waals surface area contributed by atoms with Gasteiger partial charge in [-0.1, -0.05) is 12.1 Å². The van der Waals surface area contributed by atoms with Crippen molar-refractivity contribution in [2.24, 2.45) is 5.73 Å². The molecule has 0 amide bonds. The van der Waals surface area contributed by atoms with Gasteiger partial charge in [-0.15, -0.1) is 5.10 Å². The summed E-state index contributed by atoms with van der Waals surface area (Å²) in [6.07, 6.45) is 6.00. The second-order valence-electron chi connectivity index (χ2n) is 4.73. The quantitative estimate of drug-likeness (QED) is 0.795. The van der Waals surface area contributed by atoms with Gasteiger partial charge in [-0.05, 0) is 32.1 Å². The van der Waals surface area contributed by atoms with Crippen LogP contribution in [0.1, 0.15) is 44.7 Å². The number of nitrogens with two attached hydrogens (primary N) is 1. The number of hydrogen-bond acceptors (Lipinski definition) is 4. The van der Waals surface area contributed by atoms with Crippen LogP contribution < -0.4 is 5.73 Å². The lowest BCUT2D eigenvalue weighted by molar-refractivity contribution is -0.0151. The number of nitrogens with zero attached hydrogens (tertiary/aromatic N) is 3. The molecule has 1 fully saturated rings. The van der Waals surface area contributed by atoms with Crippen LogP contribution in [0.5, 0.6) is 0 Å². The first-order chi connectivity index (χ1) is 7.65. The van der Waals surface area contributed by atoms with Crippen LogP contribution in [-0.4, -0.2) is 26.1 Å². The van der Waals surface area contributed by atoms with E-state index in [1.165, 1.54) is 0 Å². The van der Waals surface area contributed by atoms with E-state index in [9.17, 15) is 5.11 Å². The summed E-state index contributed by atoms with van der Waals surface area (Å²) in [7, 11) is 0. The topological polar surface area (TPSA) is 77.0 Å². The molecule has 1 aromatic rings. The van der Waals surface area contributed by atoms with Crippen LogP contribution in [-0.2, 0) is 12.1 Å². The third kappa shape index (κ3) is 2.10. The maximum absolute atomic E-state index is 10.6. The highest BCUT2D eigenvalue weighted by Crippen LogP contribution is 2.35. The smallest absolute Gasteiger partial charge is 0.109 e. The van der Waals surface area contributed by atoms with Crippen molar-refractivity contribution >= 4 is 0 Å². The molecule has 1 aromatic heterocycles. The third-order valence-electron chi connectivity index (χ3n) is 3.30. The van der Waals surface area contributed by atoms with Crippen LogP contribution in [0.4, 0.5) is 0 Å². The minimum absolute atomic E-state index is 0.0868. The van der Waals surface area contributed by atoms with Gasteiger partial charge >= 0.3 is 0 Å². The van der Waals surface area contributed by atoms with E-state index in [0.717, 1.165) is 37.9 Å². The Balaban J connectivity index is 2.23. The highest BCUT2D eigenvalue weighted by Gasteiger charge is 2.37. The minimum Gasteiger partial charge on any atom is -0.383 e. The molecule has 90 valence electrons. The average Bonchev–Trinajstić information content (AvgIpc) is 2.67. The summed E-state index contributed by atoms with van der Waals surface area (Å²) in [6.45, 7) is 2.88. The molecule has 1 aliphatic carbocycles. The van der Waals surface area contributed by atoms with Crippen LogP contribution in [0, 0.1) is 0 Å². The Morgan fingerprint density at radius 3 is 3.19 bits per heavy atom. The van der Waals surface area contributed by atoms with Gasteiger partial charge in [0.25, 0.3) is 0 Å². The van der Waals surface area contributed by atoms with Gasteiger partial charge in [0.1, 0.15) is 5.60 Å². The van der Waals surface area contributed by atoms with Crippen LogP contribution in [0.3, 0.4) is 0 Å². The van der Waals surface area contributed by atoms with E-state index in [1.54, 1.807) is 10.9 Å². The van der Waals surface area contributed by atoms with Crippen LogP contribution >= 0.6 is 0 Å². The van der Waals surface area contributed by atoms with Crippen molar-refractivity contribution in [1.29, 1.82) is 0 Å². The standard InChI is InChI=1S/C11H20N4O/c1-2-6-15-10(8-13-14-15)11(16)5-3-4-9(12)7-11/h8-9,16H,2-7,12H2,1H3. The average molecular weight is 224 g/mol. The Labute approximate surface area is 95.6 Å². The van der Waals surface area contributed by atoms with Gasteiger partial charge in [0.05, 0.1) is 11.9 Å². The Bertz CT molecular complexity index is 352. The Morgan fingerprint density at radius 2 is 2.50 bits per heavy atom. The SMILES string of the molecule is CCCn1nncc1C1(O)CCCC(N)C1. The molecule has 5 heteroatoms. The predicted octanol–water partition coefficient (Wildman–Crippen LogP) is 0.777. The second kappa shape index (κ2) is 4.51. The van der Waals surface area contributed by atoms with E-state index in [0.29, 0.717) is 6.42 Å². The number of hydrogen-bond donors (Lipinski definition) is 2. The monoisotopic (exact) mass is 224 g/mol. The van der Waals surface area contributed by atoms with Crippen molar-refractivity contribution < 1.29 is 5.11 Å². The Hall–Kier alpha value is -0.940. The summed E-state index contributed by atoms with van der Waals surface area (Å²) in [6, 6.07) is 0.0868. The second-order valence-corrected chi connectivity index (χ2v) is 4.73. The lowest BCUT2D eigenvalue weighted by Crippen LogP contribution is -2.40. The molecule has 1 saturated carbocycles. The zero-order valence-corrected chi connectivity index (χ0v) is 9.76. The van der Waals surface area contributed by atoms with Crippen molar-refractivity contribution in [3.05, 3.63) is 11.9 Å². The van der Waals surface area contributed by atoms with Gasteiger partial charge in [-0.25, -0.2) is 4.68 Å². The number of aromatic nitrogens is 3. The van der Waals surface area contributed by atoms with Crippen molar-refractivity contribution in [1.82, 2.24) is 15.0 Å². The van der Waals surface area contributed by atoms with Crippen LogP contribution in [0.15, 0.2) is 6.20 Å². The lowest BCUT2D eigenvalue weighted by Gasteiger charge is -2.35. The van der Waals surface area contributed by atoms with Crippen LogP contribution in [0.25, 0.3) is 0 Å². The molecule has 1 aliphatic rings. The summed E-state index contributed by atoms with van der Waals surface area (Å²) in [5.74, 6) is 0. The van der Waals surface area contributed by atoms with E-state index in [1.807, 2.05) is 0 Å². The molecule has 0 aromatic carbocycles. The molecule has 0 saturated heterocycles. The normalized spacial score (nSPS) is 30.6. The zero-order chi connectivity index (χ0) is 11.6. The van der Waals surface area contributed by atoms with Crippen molar-refractivity contribution in [3.63, 3.8) is 0 Å². The fourth-order valence-electron chi connectivity index (χ4n) is 2.52. The zero-order valence-electron chi connectivity index (χ0n) is 9.76. The molecule has 2 atom stereocenters. The van der Waals surface area contributed by atoms with E-state index in [4.69, 9.17) is 5.73 Å². The van der Waals surface area contributed by atoms with Gasteiger partial charge in [0.15, 0.2) is 0 Å². The highest BCUT2D eigenvalue weighted by molar-refractivity contribution is 5.10. The Morgan fingerprint density at radius 1 is 1.69 bits per heavy atom. The van der Waals surface area contributed by atoms with Gasteiger partial charge in [-0.3, -0.25) is 0 Å². The first-order valence-electron chi connectivity index (χ1n) is 6.02. The molecular formula is C11H20N4O.